The number of benzene rings is 1. The van der Waals surface area contributed by atoms with Gasteiger partial charge in [0.05, 0.1) is 12.1 Å². The Bertz CT molecular complexity index is 556. The van der Waals surface area contributed by atoms with E-state index in [0.717, 1.165) is 5.69 Å². The summed E-state index contributed by atoms with van der Waals surface area (Å²) in [6.07, 6.45) is 0.225. The van der Waals surface area contributed by atoms with Crippen molar-refractivity contribution >= 4 is 11.6 Å². The molecule has 1 amide bonds. The molecule has 0 bridgehead atoms. The van der Waals surface area contributed by atoms with Crippen LogP contribution in [0.4, 0.5) is 5.69 Å². The molecule has 1 aromatic carbocycles. The van der Waals surface area contributed by atoms with E-state index in [2.05, 4.69) is 24.3 Å². The van der Waals surface area contributed by atoms with Crippen LogP contribution in [0.15, 0.2) is 34.9 Å². The minimum absolute atomic E-state index is 0.0920. The van der Waals surface area contributed by atoms with Crippen molar-refractivity contribution in [2.45, 2.75) is 33.1 Å². The van der Waals surface area contributed by atoms with E-state index in [1.807, 2.05) is 24.3 Å². The lowest BCUT2D eigenvalue weighted by molar-refractivity contribution is -0.115. The molecule has 2 aromatic rings. The lowest BCUT2D eigenvalue weighted by Crippen LogP contribution is -2.14. The Kier molecular flexibility index (Phi) is 4.00. The quantitative estimate of drug-likeness (QED) is 0.915. The van der Waals surface area contributed by atoms with Crippen LogP contribution in [0.3, 0.4) is 0 Å². The Hall–Kier alpha value is -2.10. The smallest absolute Gasteiger partial charge is 0.230 e. The van der Waals surface area contributed by atoms with Crippen molar-refractivity contribution in [2.75, 3.05) is 5.32 Å². The van der Waals surface area contributed by atoms with Gasteiger partial charge < -0.3 is 9.84 Å². The third kappa shape index (κ3) is 3.68. The minimum atomic E-state index is -0.0920. The number of hydrogen-bond donors (Lipinski definition) is 1. The second-order valence-corrected chi connectivity index (χ2v) is 4.93. The molecule has 19 heavy (non-hydrogen) atoms. The van der Waals surface area contributed by atoms with E-state index in [1.54, 1.807) is 13.0 Å². The molecular formula is C15H18N2O2. The van der Waals surface area contributed by atoms with Crippen LogP contribution in [0.25, 0.3) is 0 Å². The van der Waals surface area contributed by atoms with Crippen LogP contribution in [-0.4, -0.2) is 11.1 Å². The van der Waals surface area contributed by atoms with Crippen LogP contribution in [-0.2, 0) is 11.2 Å². The average molecular weight is 258 g/mol. The summed E-state index contributed by atoms with van der Waals surface area (Å²) in [5, 5.41) is 6.64. The summed E-state index contributed by atoms with van der Waals surface area (Å²) < 4.78 is 4.93. The fourth-order valence-electron chi connectivity index (χ4n) is 1.82. The van der Waals surface area contributed by atoms with E-state index in [1.165, 1.54) is 5.56 Å². The molecule has 0 aliphatic carbocycles. The average Bonchev–Trinajstić information content (AvgIpc) is 2.75. The van der Waals surface area contributed by atoms with Crippen LogP contribution in [0, 0.1) is 6.92 Å². The number of amides is 1. The Morgan fingerprint density at radius 3 is 2.53 bits per heavy atom. The molecule has 0 saturated carbocycles. The second kappa shape index (κ2) is 5.69. The predicted octanol–water partition coefficient (Wildman–Crippen LogP) is 3.29. The van der Waals surface area contributed by atoms with Crippen LogP contribution < -0.4 is 5.32 Å². The fraction of sp³-hybridized carbons (Fsp3) is 0.333. The van der Waals surface area contributed by atoms with Gasteiger partial charge in [-0.15, -0.1) is 0 Å². The Labute approximate surface area is 112 Å². The van der Waals surface area contributed by atoms with Crippen LogP contribution in [0.2, 0.25) is 0 Å². The van der Waals surface area contributed by atoms with Crippen LogP contribution in [0.5, 0.6) is 0 Å². The molecule has 4 nitrogen and oxygen atoms in total. The molecule has 4 heteroatoms. The first-order valence-corrected chi connectivity index (χ1v) is 6.36. The minimum Gasteiger partial charge on any atom is -0.361 e. The molecule has 2 rings (SSSR count). The van der Waals surface area contributed by atoms with Gasteiger partial charge in [-0.3, -0.25) is 4.79 Å². The zero-order valence-electron chi connectivity index (χ0n) is 11.4. The maximum Gasteiger partial charge on any atom is 0.230 e. The molecule has 0 aliphatic heterocycles. The maximum atomic E-state index is 11.8. The molecule has 0 spiro atoms. The first-order valence-electron chi connectivity index (χ1n) is 6.36. The zero-order chi connectivity index (χ0) is 13.8. The number of rotatable bonds is 4. The van der Waals surface area contributed by atoms with Crippen molar-refractivity contribution in [2.24, 2.45) is 0 Å². The van der Waals surface area contributed by atoms with Gasteiger partial charge >= 0.3 is 0 Å². The normalized spacial score (nSPS) is 10.7. The van der Waals surface area contributed by atoms with E-state index < -0.39 is 0 Å². The Balaban J connectivity index is 1.95. The number of nitrogens with zero attached hydrogens (tertiary/aromatic N) is 1. The Morgan fingerprint density at radius 2 is 2.00 bits per heavy atom. The number of aryl methyl sites for hydroxylation is 1. The maximum absolute atomic E-state index is 11.8. The van der Waals surface area contributed by atoms with Crippen LogP contribution >= 0.6 is 0 Å². The van der Waals surface area contributed by atoms with Crippen molar-refractivity contribution in [3.63, 3.8) is 0 Å². The number of nitrogens with one attached hydrogen (secondary N) is 1. The van der Waals surface area contributed by atoms with E-state index in [4.69, 9.17) is 4.52 Å². The third-order valence-corrected chi connectivity index (χ3v) is 2.88. The Morgan fingerprint density at radius 1 is 1.32 bits per heavy atom. The highest BCUT2D eigenvalue weighted by Crippen LogP contribution is 2.17. The molecule has 0 radical (unpaired) electrons. The molecule has 1 N–H and O–H groups in total. The molecular weight excluding hydrogens is 240 g/mol. The highest BCUT2D eigenvalue weighted by molar-refractivity contribution is 5.92. The van der Waals surface area contributed by atoms with Crippen molar-refractivity contribution in [3.05, 3.63) is 47.3 Å². The van der Waals surface area contributed by atoms with Gasteiger partial charge in [-0.1, -0.05) is 31.1 Å². The first-order chi connectivity index (χ1) is 9.04. The van der Waals surface area contributed by atoms with Gasteiger partial charge in [0, 0.05) is 11.8 Å². The summed E-state index contributed by atoms with van der Waals surface area (Å²) in [6, 6.07) is 9.66. The molecule has 0 aliphatic rings. The second-order valence-electron chi connectivity index (χ2n) is 4.93. The number of carbonyl (C=O) groups excluding carboxylic acids is 1. The van der Waals surface area contributed by atoms with Gasteiger partial charge in [0.15, 0.2) is 0 Å². The summed E-state index contributed by atoms with van der Waals surface area (Å²) in [5.74, 6) is 1.11. The van der Waals surface area contributed by atoms with E-state index in [-0.39, 0.29) is 12.3 Å². The van der Waals surface area contributed by atoms with Crippen molar-refractivity contribution in [3.8, 4) is 0 Å². The largest absolute Gasteiger partial charge is 0.361 e. The van der Waals surface area contributed by atoms with Crippen molar-refractivity contribution in [1.82, 2.24) is 5.16 Å². The van der Waals surface area contributed by atoms with E-state index >= 15 is 0 Å². The third-order valence-electron chi connectivity index (χ3n) is 2.88. The topological polar surface area (TPSA) is 55.1 Å². The van der Waals surface area contributed by atoms with Gasteiger partial charge in [-0.2, -0.15) is 0 Å². The summed E-state index contributed by atoms with van der Waals surface area (Å²) in [6.45, 7) is 6.08. The van der Waals surface area contributed by atoms with Gasteiger partial charge in [-0.25, -0.2) is 0 Å². The predicted molar refractivity (Wildman–Crippen MR) is 74.1 cm³/mol. The fourth-order valence-corrected chi connectivity index (χ4v) is 1.82. The number of hydrogen-bond acceptors (Lipinski definition) is 3. The summed E-state index contributed by atoms with van der Waals surface area (Å²) in [7, 11) is 0. The molecule has 0 unspecified atom stereocenters. The lowest BCUT2D eigenvalue weighted by Gasteiger charge is -2.07. The van der Waals surface area contributed by atoms with Crippen molar-refractivity contribution < 1.29 is 9.32 Å². The van der Waals surface area contributed by atoms with E-state index in [9.17, 15) is 4.79 Å². The van der Waals surface area contributed by atoms with Gasteiger partial charge in [-0.05, 0) is 30.5 Å². The van der Waals surface area contributed by atoms with Gasteiger partial charge in [0.25, 0.3) is 0 Å². The first kappa shape index (κ1) is 13.3. The summed E-state index contributed by atoms with van der Waals surface area (Å²) in [5.41, 5.74) is 2.70. The van der Waals surface area contributed by atoms with Crippen LogP contribution in [0.1, 0.15) is 36.8 Å². The molecule has 100 valence electrons. The monoisotopic (exact) mass is 258 g/mol. The molecule has 0 fully saturated rings. The SMILES string of the molecule is Cc1cc(CC(=O)Nc2ccc(C(C)C)cc2)no1. The zero-order valence-corrected chi connectivity index (χ0v) is 11.4. The number of anilines is 1. The molecule has 0 saturated heterocycles. The lowest BCUT2D eigenvalue weighted by atomic mass is 10.0. The molecule has 1 heterocycles. The molecule has 0 atom stereocenters. The number of aromatic nitrogens is 1. The number of carbonyl (C=O) groups is 1. The van der Waals surface area contributed by atoms with Crippen molar-refractivity contribution in [1.29, 1.82) is 0 Å². The standard InChI is InChI=1S/C15H18N2O2/c1-10(2)12-4-6-13(7-5-12)16-15(18)9-14-8-11(3)19-17-14/h4-8,10H,9H2,1-3H3,(H,16,18). The van der Waals surface area contributed by atoms with E-state index in [0.29, 0.717) is 17.4 Å². The highest BCUT2D eigenvalue weighted by Gasteiger charge is 2.08. The molecule has 1 aromatic heterocycles. The van der Waals surface area contributed by atoms with Gasteiger partial charge in [0.2, 0.25) is 5.91 Å². The highest BCUT2D eigenvalue weighted by atomic mass is 16.5. The van der Waals surface area contributed by atoms with Gasteiger partial charge in [0.1, 0.15) is 5.76 Å². The summed E-state index contributed by atoms with van der Waals surface area (Å²) in [4.78, 5) is 11.8. The summed E-state index contributed by atoms with van der Waals surface area (Å²) >= 11 is 0.